The molecule has 2 amide bonds. The average molecular weight is 415 g/mol. The van der Waals surface area contributed by atoms with Gasteiger partial charge in [-0.25, -0.2) is 0 Å². The number of anilines is 1. The maximum atomic E-state index is 12.4. The predicted octanol–water partition coefficient (Wildman–Crippen LogP) is 2.11. The Morgan fingerprint density at radius 3 is 2.38 bits per heavy atom. The second kappa shape index (κ2) is 10.8. The Balaban J connectivity index is 1.33. The van der Waals surface area contributed by atoms with Crippen LogP contribution >= 0.6 is 11.8 Å². The molecular weight excluding hydrogens is 388 g/mol. The number of methoxy groups -OCH3 is 1. The number of carbonyl (C=O) groups is 2. The van der Waals surface area contributed by atoms with Crippen molar-refractivity contribution in [2.24, 2.45) is 0 Å². The second-order valence-corrected chi connectivity index (χ2v) is 7.77. The number of benzene rings is 1. The van der Waals surface area contributed by atoms with Crippen molar-refractivity contribution in [2.45, 2.75) is 6.54 Å². The first kappa shape index (κ1) is 21.1. The van der Waals surface area contributed by atoms with E-state index in [1.807, 2.05) is 17.0 Å². The Hall–Kier alpha value is -2.58. The van der Waals surface area contributed by atoms with Crippen LogP contribution in [-0.4, -0.2) is 71.4 Å². The van der Waals surface area contributed by atoms with Gasteiger partial charge in [0.1, 0.15) is 5.75 Å². The number of nitrogens with zero attached hydrogens (tertiary/aromatic N) is 3. The minimum atomic E-state index is -0.116. The van der Waals surface area contributed by atoms with Crippen LogP contribution in [0.25, 0.3) is 0 Å². The van der Waals surface area contributed by atoms with E-state index >= 15 is 0 Å². The molecule has 1 aliphatic heterocycles. The van der Waals surface area contributed by atoms with Crippen molar-refractivity contribution in [3.8, 4) is 5.75 Å². The number of nitrogens with one attached hydrogen (secondary N) is 1. The molecule has 154 valence electrons. The molecule has 7 nitrogen and oxygen atoms in total. The number of hydrogen-bond donors (Lipinski definition) is 1. The Kier molecular flexibility index (Phi) is 7.89. The summed E-state index contributed by atoms with van der Waals surface area (Å²) in [6.07, 6.45) is 3.61. The number of rotatable bonds is 8. The second-order valence-electron chi connectivity index (χ2n) is 6.78. The standard InChI is InChI=1S/C21H26N4O3S/c1-28-19-4-2-18(3-5-19)23-20(26)15-29-16-21(27)25-12-10-24(11-13-25)14-17-6-8-22-9-7-17/h2-9H,10-16H2,1H3,(H,23,26). The molecule has 2 heterocycles. The molecule has 0 spiro atoms. The van der Waals surface area contributed by atoms with Crippen LogP contribution in [0.5, 0.6) is 5.75 Å². The number of thioether (sulfide) groups is 1. The van der Waals surface area contributed by atoms with E-state index < -0.39 is 0 Å². The lowest BCUT2D eigenvalue weighted by atomic mass is 10.2. The Morgan fingerprint density at radius 1 is 1.03 bits per heavy atom. The highest BCUT2D eigenvalue weighted by molar-refractivity contribution is 8.00. The maximum absolute atomic E-state index is 12.4. The van der Waals surface area contributed by atoms with Gasteiger partial charge >= 0.3 is 0 Å². The van der Waals surface area contributed by atoms with Crippen molar-refractivity contribution in [3.05, 3.63) is 54.4 Å². The highest BCUT2D eigenvalue weighted by atomic mass is 32.2. The van der Waals surface area contributed by atoms with Gasteiger partial charge in [-0.1, -0.05) is 0 Å². The Morgan fingerprint density at radius 2 is 1.72 bits per heavy atom. The van der Waals surface area contributed by atoms with Crippen molar-refractivity contribution in [3.63, 3.8) is 0 Å². The van der Waals surface area contributed by atoms with E-state index in [9.17, 15) is 9.59 Å². The van der Waals surface area contributed by atoms with Gasteiger partial charge in [0.25, 0.3) is 0 Å². The third-order valence-electron chi connectivity index (χ3n) is 4.71. The molecule has 1 saturated heterocycles. The summed E-state index contributed by atoms with van der Waals surface area (Å²) in [5, 5.41) is 2.82. The SMILES string of the molecule is COc1ccc(NC(=O)CSCC(=O)N2CCN(Cc3ccncc3)CC2)cc1. The molecule has 8 heteroatoms. The monoisotopic (exact) mass is 414 g/mol. The van der Waals surface area contributed by atoms with Gasteiger partial charge in [0.15, 0.2) is 0 Å². The zero-order chi connectivity index (χ0) is 20.5. The van der Waals surface area contributed by atoms with Crippen LogP contribution in [-0.2, 0) is 16.1 Å². The van der Waals surface area contributed by atoms with Crippen molar-refractivity contribution >= 4 is 29.3 Å². The fraction of sp³-hybridized carbons (Fsp3) is 0.381. The van der Waals surface area contributed by atoms with Crippen molar-refractivity contribution in [1.82, 2.24) is 14.8 Å². The van der Waals surface area contributed by atoms with E-state index in [1.54, 1.807) is 43.8 Å². The number of piperazine rings is 1. The molecule has 1 fully saturated rings. The van der Waals surface area contributed by atoms with Crippen molar-refractivity contribution < 1.29 is 14.3 Å². The van der Waals surface area contributed by atoms with Gasteiger partial charge in [0.05, 0.1) is 18.6 Å². The lowest BCUT2D eigenvalue weighted by Crippen LogP contribution is -2.48. The summed E-state index contributed by atoms with van der Waals surface area (Å²) in [7, 11) is 1.60. The summed E-state index contributed by atoms with van der Waals surface area (Å²) in [5.74, 6) is 1.29. The fourth-order valence-electron chi connectivity index (χ4n) is 3.10. The zero-order valence-electron chi connectivity index (χ0n) is 16.5. The first-order valence-electron chi connectivity index (χ1n) is 9.55. The summed E-state index contributed by atoms with van der Waals surface area (Å²) in [6.45, 7) is 4.04. The lowest BCUT2D eigenvalue weighted by molar-refractivity contribution is -0.130. The maximum Gasteiger partial charge on any atom is 0.234 e. The summed E-state index contributed by atoms with van der Waals surface area (Å²) >= 11 is 1.34. The third kappa shape index (κ3) is 6.76. The van der Waals surface area contributed by atoms with E-state index in [1.165, 1.54) is 17.3 Å². The number of carbonyl (C=O) groups excluding carboxylic acids is 2. The average Bonchev–Trinajstić information content (AvgIpc) is 2.75. The number of ether oxygens (including phenoxy) is 1. The van der Waals surface area contributed by atoms with Gasteiger partial charge in [0.2, 0.25) is 11.8 Å². The van der Waals surface area contributed by atoms with Crippen molar-refractivity contribution in [2.75, 3.05) is 50.1 Å². The van der Waals surface area contributed by atoms with Crippen LogP contribution in [0.4, 0.5) is 5.69 Å². The lowest BCUT2D eigenvalue weighted by Gasteiger charge is -2.34. The number of pyridine rings is 1. The van der Waals surface area contributed by atoms with Gasteiger partial charge in [-0.15, -0.1) is 11.8 Å². The topological polar surface area (TPSA) is 74.8 Å². The van der Waals surface area contributed by atoms with E-state index in [0.29, 0.717) is 11.4 Å². The van der Waals surface area contributed by atoms with Gasteiger partial charge in [-0.05, 0) is 42.0 Å². The van der Waals surface area contributed by atoms with Crippen LogP contribution in [0.3, 0.4) is 0 Å². The van der Waals surface area contributed by atoms with E-state index in [2.05, 4.69) is 15.2 Å². The molecule has 0 bridgehead atoms. The van der Waals surface area contributed by atoms with Crippen LogP contribution in [0.2, 0.25) is 0 Å². The van der Waals surface area contributed by atoms with Gasteiger partial charge in [0, 0.05) is 50.8 Å². The largest absolute Gasteiger partial charge is 0.497 e. The van der Waals surface area contributed by atoms with Crippen LogP contribution in [0, 0.1) is 0 Å². The number of amides is 2. The minimum absolute atomic E-state index is 0.0933. The molecule has 0 atom stereocenters. The van der Waals surface area contributed by atoms with Gasteiger partial charge in [-0.3, -0.25) is 19.5 Å². The molecule has 0 aliphatic carbocycles. The molecule has 0 unspecified atom stereocenters. The highest BCUT2D eigenvalue weighted by Gasteiger charge is 2.21. The molecular formula is C21H26N4O3S. The molecule has 1 N–H and O–H groups in total. The molecule has 1 aliphatic rings. The predicted molar refractivity (Wildman–Crippen MR) is 115 cm³/mol. The first-order chi connectivity index (χ1) is 14.1. The Labute approximate surface area is 175 Å². The van der Waals surface area contributed by atoms with E-state index in [4.69, 9.17) is 4.74 Å². The number of aromatic nitrogens is 1. The molecule has 1 aromatic carbocycles. The van der Waals surface area contributed by atoms with Crippen LogP contribution in [0.1, 0.15) is 5.56 Å². The van der Waals surface area contributed by atoms with E-state index in [-0.39, 0.29) is 17.6 Å². The highest BCUT2D eigenvalue weighted by Crippen LogP contribution is 2.15. The Bertz CT molecular complexity index is 793. The summed E-state index contributed by atoms with van der Waals surface area (Å²) in [6, 6.07) is 11.2. The van der Waals surface area contributed by atoms with E-state index in [0.717, 1.165) is 38.5 Å². The summed E-state index contributed by atoms with van der Waals surface area (Å²) in [4.78, 5) is 32.7. The first-order valence-corrected chi connectivity index (χ1v) is 10.7. The third-order valence-corrected chi connectivity index (χ3v) is 5.63. The molecule has 1 aromatic heterocycles. The summed E-state index contributed by atoms with van der Waals surface area (Å²) in [5.41, 5.74) is 1.95. The molecule has 3 rings (SSSR count). The van der Waals surface area contributed by atoms with Crippen LogP contribution in [0.15, 0.2) is 48.8 Å². The smallest absolute Gasteiger partial charge is 0.234 e. The molecule has 29 heavy (non-hydrogen) atoms. The summed E-state index contributed by atoms with van der Waals surface area (Å²) < 4.78 is 5.09. The van der Waals surface area contributed by atoms with Crippen LogP contribution < -0.4 is 10.1 Å². The van der Waals surface area contributed by atoms with Gasteiger partial charge in [-0.2, -0.15) is 0 Å². The normalized spacial score (nSPS) is 14.4. The zero-order valence-corrected chi connectivity index (χ0v) is 17.4. The quantitative estimate of drug-likeness (QED) is 0.713. The molecule has 0 radical (unpaired) electrons. The molecule has 2 aromatic rings. The minimum Gasteiger partial charge on any atom is -0.497 e. The van der Waals surface area contributed by atoms with Gasteiger partial charge < -0.3 is 15.0 Å². The fourth-order valence-corrected chi connectivity index (χ4v) is 3.81. The number of hydrogen-bond acceptors (Lipinski definition) is 6. The molecule has 0 saturated carbocycles. The van der Waals surface area contributed by atoms with Crippen molar-refractivity contribution in [1.29, 1.82) is 0 Å².